The molecule has 1 fully saturated rings. The largest absolute Gasteiger partial charge is 0.370 e. The molecule has 0 spiro atoms. The molecule has 0 aliphatic carbocycles. The minimum absolute atomic E-state index is 0.759. The maximum atomic E-state index is 5.59. The molecule has 0 saturated carbocycles. The molecule has 1 aromatic heterocycles. The zero-order valence-electron chi connectivity index (χ0n) is 9.68. The lowest BCUT2D eigenvalue weighted by Crippen LogP contribution is -2.33. The van der Waals surface area contributed by atoms with Crippen LogP contribution in [0.3, 0.4) is 0 Å². The second kappa shape index (κ2) is 5.82. The fourth-order valence-corrected chi connectivity index (χ4v) is 2.19. The Bertz CT molecular complexity index is 301. The number of hydrogen-bond donors (Lipinski definition) is 1. The van der Waals surface area contributed by atoms with Crippen molar-refractivity contribution < 1.29 is 0 Å². The number of hydrogen-bond acceptors (Lipinski definition) is 4. The van der Waals surface area contributed by atoms with Gasteiger partial charge in [-0.25, -0.2) is 0 Å². The Hall–Kier alpha value is -1.13. The molecular formula is C12H20N4. The average molecular weight is 220 g/mol. The molecule has 2 N–H and O–H groups in total. The van der Waals surface area contributed by atoms with Crippen molar-refractivity contribution in [3.8, 4) is 0 Å². The van der Waals surface area contributed by atoms with Gasteiger partial charge in [-0.15, -0.1) is 0 Å². The Kier molecular flexibility index (Phi) is 4.13. The monoisotopic (exact) mass is 220 g/mol. The van der Waals surface area contributed by atoms with Gasteiger partial charge < -0.3 is 15.5 Å². The first-order chi connectivity index (χ1) is 7.90. The molecule has 88 valence electrons. The van der Waals surface area contributed by atoms with Crippen LogP contribution < -0.4 is 10.6 Å². The molecule has 1 aromatic rings. The quantitative estimate of drug-likeness (QED) is 0.808. The first-order valence-corrected chi connectivity index (χ1v) is 5.97. The molecule has 0 radical (unpaired) electrons. The Morgan fingerprint density at radius 1 is 1.12 bits per heavy atom. The van der Waals surface area contributed by atoms with Crippen molar-refractivity contribution in [1.82, 2.24) is 9.88 Å². The maximum Gasteiger partial charge on any atom is 0.0397 e. The molecule has 0 atom stereocenters. The topological polar surface area (TPSA) is 45.4 Å². The van der Waals surface area contributed by atoms with E-state index in [-0.39, 0.29) is 0 Å². The van der Waals surface area contributed by atoms with Crippen LogP contribution in [0.4, 0.5) is 5.69 Å². The zero-order chi connectivity index (χ0) is 11.2. The summed E-state index contributed by atoms with van der Waals surface area (Å²) in [6.07, 6.45) is 4.93. The SMILES string of the molecule is NCCN1CCCN(c2ccncc2)CC1. The highest BCUT2D eigenvalue weighted by Crippen LogP contribution is 2.14. The molecule has 4 heteroatoms. The molecule has 2 heterocycles. The first kappa shape index (κ1) is 11.4. The van der Waals surface area contributed by atoms with Gasteiger partial charge in [0.25, 0.3) is 0 Å². The molecule has 0 aromatic carbocycles. The Morgan fingerprint density at radius 2 is 1.94 bits per heavy atom. The molecule has 0 amide bonds. The molecule has 1 aliphatic heterocycles. The molecule has 1 aliphatic rings. The average Bonchev–Trinajstić information content (AvgIpc) is 2.57. The lowest BCUT2D eigenvalue weighted by molar-refractivity contribution is 0.302. The van der Waals surface area contributed by atoms with Gasteiger partial charge in [0.05, 0.1) is 0 Å². The third kappa shape index (κ3) is 2.93. The van der Waals surface area contributed by atoms with Gasteiger partial charge in [-0.1, -0.05) is 0 Å². The van der Waals surface area contributed by atoms with E-state index >= 15 is 0 Å². The van der Waals surface area contributed by atoms with E-state index in [4.69, 9.17) is 5.73 Å². The van der Waals surface area contributed by atoms with Crippen LogP contribution in [0.15, 0.2) is 24.5 Å². The minimum Gasteiger partial charge on any atom is -0.370 e. The van der Waals surface area contributed by atoms with Gasteiger partial charge >= 0.3 is 0 Å². The molecule has 4 nitrogen and oxygen atoms in total. The van der Waals surface area contributed by atoms with E-state index in [1.54, 1.807) is 0 Å². The number of anilines is 1. The Balaban J connectivity index is 1.94. The highest BCUT2D eigenvalue weighted by Gasteiger charge is 2.13. The summed E-state index contributed by atoms with van der Waals surface area (Å²) in [6.45, 7) is 6.27. The fourth-order valence-electron chi connectivity index (χ4n) is 2.19. The van der Waals surface area contributed by atoms with Gasteiger partial charge in [-0.3, -0.25) is 4.98 Å². The molecule has 16 heavy (non-hydrogen) atoms. The van der Waals surface area contributed by atoms with Crippen molar-refractivity contribution >= 4 is 5.69 Å². The minimum atomic E-state index is 0.759. The standard InChI is InChI=1S/C12H20N4/c13-4-9-15-7-1-8-16(11-10-15)12-2-5-14-6-3-12/h2-3,5-6H,1,4,7-11,13H2. The highest BCUT2D eigenvalue weighted by atomic mass is 15.2. The summed E-state index contributed by atoms with van der Waals surface area (Å²) < 4.78 is 0. The summed E-state index contributed by atoms with van der Waals surface area (Å²) in [6, 6.07) is 4.16. The second-order valence-corrected chi connectivity index (χ2v) is 4.18. The summed E-state index contributed by atoms with van der Waals surface area (Å²) >= 11 is 0. The van der Waals surface area contributed by atoms with Crippen molar-refractivity contribution in [2.24, 2.45) is 5.73 Å². The van der Waals surface area contributed by atoms with E-state index in [1.165, 1.54) is 18.7 Å². The van der Waals surface area contributed by atoms with Gasteiger partial charge in [0.1, 0.15) is 0 Å². The normalized spacial score (nSPS) is 18.4. The molecule has 1 saturated heterocycles. The predicted molar refractivity (Wildman–Crippen MR) is 66.6 cm³/mol. The van der Waals surface area contributed by atoms with E-state index in [2.05, 4.69) is 26.9 Å². The van der Waals surface area contributed by atoms with Crippen LogP contribution in [0.2, 0.25) is 0 Å². The zero-order valence-corrected chi connectivity index (χ0v) is 9.68. The van der Waals surface area contributed by atoms with E-state index in [0.717, 1.165) is 32.7 Å². The third-order valence-electron chi connectivity index (χ3n) is 3.06. The Labute approximate surface area is 97.1 Å². The summed E-state index contributed by atoms with van der Waals surface area (Å²) in [5.41, 5.74) is 6.87. The van der Waals surface area contributed by atoms with Crippen molar-refractivity contribution in [3.63, 3.8) is 0 Å². The lowest BCUT2D eigenvalue weighted by Gasteiger charge is -2.23. The van der Waals surface area contributed by atoms with Gasteiger partial charge in [-0.2, -0.15) is 0 Å². The molecule has 0 unspecified atom stereocenters. The maximum absolute atomic E-state index is 5.59. The van der Waals surface area contributed by atoms with Crippen LogP contribution in [-0.2, 0) is 0 Å². The number of rotatable bonds is 3. The second-order valence-electron chi connectivity index (χ2n) is 4.18. The van der Waals surface area contributed by atoms with Gasteiger partial charge in [0, 0.05) is 50.8 Å². The first-order valence-electron chi connectivity index (χ1n) is 5.97. The molecule has 0 bridgehead atoms. The Morgan fingerprint density at radius 3 is 2.69 bits per heavy atom. The molecule has 2 rings (SSSR count). The van der Waals surface area contributed by atoms with Crippen molar-refractivity contribution in [1.29, 1.82) is 0 Å². The van der Waals surface area contributed by atoms with Crippen molar-refractivity contribution in [3.05, 3.63) is 24.5 Å². The summed E-state index contributed by atoms with van der Waals surface area (Å²) in [7, 11) is 0. The van der Waals surface area contributed by atoms with Gasteiger partial charge in [-0.05, 0) is 25.1 Å². The van der Waals surface area contributed by atoms with Gasteiger partial charge in [0.15, 0.2) is 0 Å². The van der Waals surface area contributed by atoms with Crippen LogP contribution in [-0.4, -0.2) is 49.2 Å². The molecular weight excluding hydrogens is 200 g/mol. The van der Waals surface area contributed by atoms with Gasteiger partial charge in [0.2, 0.25) is 0 Å². The number of pyridine rings is 1. The van der Waals surface area contributed by atoms with Crippen LogP contribution >= 0.6 is 0 Å². The third-order valence-corrected chi connectivity index (χ3v) is 3.06. The lowest BCUT2D eigenvalue weighted by atomic mass is 10.3. The van der Waals surface area contributed by atoms with Crippen LogP contribution in [0.5, 0.6) is 0 Å². The van der Waals surface area contributed by atoms with Crippen LogP contribution in [0, 0.1) is 0 Å². The van der Waals surface area contributed by atoms with E-state index in [9.17, 15) is 0 Å². The van der Waals surface area contributed by atoms with Crippen LogP contribution in [0.1, 0.15) is 6.42 Å². The van der Waals surface area contributed by atoms with Crippen LogP contribution in [0.25, 0.3) is 0 Å². The number of nitrogens with zero attached hydrogens (tertiary/aromatic N) is 3. The number of nitrogens with two attached hydrogens (primary N) is 1. The van der Waals surface area contributed by atoms with Crippen molar-refractivity contribution in [2.45, 2.75) is 6.42 Å². The smallest absolute Gasteiger partial charge is 0.0397 e. The van der Waals surface area contributed by atoms with E-state index < -0.39 is 0 Å². The predicted octanol–water partition coefficient (Wildman–Crippen LogP) is 0.552. The summed E-state index contributed by atoms with van der Waals surface area (Å²) in [5.74, 6) is 0. The van der Waals surface area contributed by atoms with E-state index in [1.807, 2.05) is 12.4 Å². The number of aromatic nitrogens is 1. The summed E-state index contributed by atoms with van der Waals surface area (Å²) in [5, 5.41) is 0. The summed E-state index contributed by atoms with van der Waals surface area (Å²) in [4.78, 5) is 8.93. The highest BCUT2D eigenvalue weighted by molar-refractivity contribution is 5.44. The van der Waals surface area contributed by atoms with E-state index in [0.29, 0.717) is 0 Å². The fraction of sp³-hybridized carbons (Fsp3) is 0.583. The van der Waals surface area contributed by atoms with Crippen molar-refractivity contribution in [2.75, 3.05) is 44.2 Å².